The molecule has 1 N–H and O–H groups in total. The lowest BCUT2D eigenvalue weighted by molar-refractivity contribution is 0.0579. The van der Waals surface area contributed by atoms with Gasteiger partial charge in [0.25, 0.3) is 16.1 Å². The second kappa shape index (κ2) is 6.30. The number of rotatable bonds is 3. The Morgan fingerprint density at radius 1 is 1.29 bits per heavy atom. The van der Waals surface area contributed by atoms with Gasteiger partial charge in [-0.15, -0.1) is 0 Å². The van der Waals surface area contributed by atoms with E-state index in [9.17, 15) is 18.3 Å². The van der Waals surface area contributed by atoms with Crippen LogP contribution in [-0.4, -0.2) is 77.7 Å². The van der Waals surface area contributed by atoms with E-state index in [1.807, 2.05) is 0 Å². The molecule has 2 atom stereocenters. The van der Waals surface area contributed by atoms with Crippen LogP contribution < -0.4 is 0 Å². The summed E-state index contributed by atoms with van der Waals surface area (Å²) in [6.07, 6.45) is 3.11. The minimum absolute atomic E-state index is 0.0204. The Balaban J connectivity index is 1.87. The largest absolute Gasteiger partial charge is 0.505 e. The van der Waals surface area contributed by atoms with Crippen LogP contribution in [0, 0.1) is 5.92 Å². The fourth-order valence-corrected chi connectivity index (χ4v) is 4.63. The SMILES string of the molecule is CN(C)S(=O)(=O)N1C[C@H]2CC[C@@H](C1)N(C(=O)c1ncccc1O)C2. The molecular weight excluding hydrogens is 332 g/mol. The van der Waals surface area contributed by atoms with E-state index in [1.54, 1.807) is 11.0 Å². The predicted octanol–water partition coefficient (Wildman–Crippen LogP) is 0.130. The van der Waals surface area contributed by atoms with Crippen LogP contribution in [0.2, 0.25) is 0 Å². The van der Waals surface area contributed by atoms with E-state index in [1.165, 1.54) is 35.0 Å². The van der Waals surface area contributed by atoms with Crippen molar-refractivity contribution in [1.29, 1.82) is 0 Å². The van der Waals surface area contributed by atoms with Crippen molar-refractivity contribution in [3.8, 4) is 5.75 Å². The smallest absolute Gasteiger partial charge is 0.281 e. The first-order valence-electron chi connectivity index (χ1n) is 7.93. The zero-order valence-corrected chi connectivity index (χ0v) is 14.6. The fraction of sp³-hybridized carbons (Fsp3) is 0.600. The molecule has 132 valence electrons. The summed E-state index contributed by atoms with van der Waals surface area (Å²) in [6.45, 7) is 1.17. The minimum atomic E-state index is -3.51. The Bertz CT molecular complexity index is 737. The molecule has 8 nitrogen and oxygen atoms in total. The van der Waals surface area contributed by atoms with Gasteiger partial charge in [0.1, 0.15) is 5.75 Å². The summed E-state index contributed by atoms with van der Waals surface area (Å²) in [5.41, 5.74) is 0.0204. The van der Waals surface area contributed by atoms with Crippen LogP contribution in [0.25, 0.3) is 0 Å². The zero-order chi connectivity index (χ0) is 17.5. The summed E-state index contributed by atoms with van der Waals surface area (Å²) in [4.78, 5) is 18.4. The van der Waals surface area contributed by atoms with Gasteiger partial charge in [0.15, 0.2) is 5.69 Å². The average molecular weight is 354 g/mol. The van der Waals surface area contributed by atoms with Crippen LogP contribution in [0.1, 0.15) is 23.3 Å². The monoisotopic (exact) mass is 354 g/mol. The number of piperidine rings is 1. The summed E-state index contributed by atoms with van der Waals surface area (Å²) in [5, 5.41) is 9.88. The lowest BCUT2D eigenvalue weighted by atomic mass is 9.94. The minimum Gasteiger partial charge on any atom is -0.505 e. The predicted molar refractivity (Wildman–Crippen MR) is 87.6 cm³/mol. The number of nitrogens with zero attached hydrogens (tertiary/aromatic N) is 4. The molecule has 1 aromatic rings. The number of carbonyl (C=O) groups excluding carboxylic acids is 1. The van der Waals surface area contributed by atoms with Gasteiger partial charge in [-0.2, -0.15) is 17.0 Å². The molecule has 0 radical (unpaired) electrons. The Morgan fingerprint density at radius 2 is 2.04 bits per heavy atom. The Kier molecular flexibility index (Phi) is 4.50. The van der Waals surface area contributed by atoms with E-state index < -0.39 is 10.2 Å². The average Bonchev–Trinajstić information content (AvgIpc) is 2.87. The van der Waals surface area contributed by atoms with Gasteiger partial charge in [0.2, 0.25) is 0 Å². The second-order valence-electron chi connectivity index (χ2n) is 6.53. The maximum Gasteiger partial charge on any atom is 0.281 e. The van der Waals surface area contributed by atoms with Gasteiger partial charge in [0.05, 0.1) is 0 Å². The third kappa shape index (κ3) is 2.99. The van der Waals surface area contributed by atoms with Crippen LogP contribution in [-0.2, 0) is 10.2 Å². The van der Waals surface area contributed by atoms with Gasteiger partial charge >= 0.3 is 0 Å². The molecule has 3 aliphatic heterocycles. The standard InChI is InChI=1S/C15H22N4O4S/c1-17(2)24(22,23)18-8-11-5-6-12(10-18)19(9-11)15(21)14-13(20)4-3-7-16-14/h3-4,7,11-12,20H,5-6,8-10H2,1-2H3/t11-,12+/m1/s1. The summed E-state index contributed by atoms with van der Waals surface area (Å²) in [5.74, 6) is -0.402. The Labute approximate surface area is 141 Å². The van der Waals surface area contributed by atoms with Gasteiger partial charge in [-0.1, -0.05) is 0 Å². The summed E-state index contributed by atoms with van der Waals surface area (Å²) >= 11 is 0. The van der Waals surface area contributed by atoms with Gasteiger partial charge in [-0.3, -0.25) is 4.79 Å². The van der Waals surface area contributed by atoms with Crippen molar-refractivity contribution in [3.05, 3.63) is 24.0 Å². The molecule has 4 heterocycles. The first kappa shape index (κ1) is 17.1. The van der Waals surface area contributed by atoms with Crippen LogP contribution in [0.5, 0.6) is 5.75 Å². The quantitative estimate of drug-likeness (QED) is 0.833. The van der Waals surface area contributed by atoms with Gasteiger partial charge in [-0.05, 0) is 30.9 Å². The number of fused-ring (bicyclic) bond motifs is 4. The molecule has 24 heavy (non-hydrogen) atoms. The molecular formula is C15H22N4O4S. The third-order valence-corrected chi connectivity index (χ3v) is 6.59. The number of hydrogen-bond acceptors (Lipinski definition) is 5. The highest BCUT2D eigenvalue weighted by Gasteiger charge is 2.42. The number of pyridine rings is 1. The highest BCUT2D eigenvalue weighted by Crippen LogP contribution is 2.31. The molecule has 1 amide bonds. The molecule has 1 aromatic heterocycles. The van der Waals surface area contributed by atoms with E-state index in [4.69, 9.17) is 0 Å². The fourth-order valence-electron chi connectivity index (χ4n) is 3.40. The number of aromatic hydroxyl groups is 1. The highest BCUT2D eigenvalue weighted by atomic mass is 32.2. The van der Waals surface area contributed by atoms with Gasteiger partial charge < -0.3 is 10.0 Å². The van der Waals surface area contributed by atoms with E-state index in [-0.39, 0.29) is 35.9 Å². The lowest BCUT2D eigenvalue weighted by Gasteiger charge is -2.36. The molecule has 0 aliphatic carbocycles. The van der Waals surface area contributed by atoms with E-state index in [0.29, 0.717) is 13.1 Å². The number of amides is 1. The van der Waals surface area contributed by atoms with Crippen molar-refractivity contribution in [2.45, 2.75) is 18.9 Å². The van der Waals surface area contributed by atoms with E-state index in [2.05, 4.69) is 4.98 Å². The lowest BCUT2D eigenvalue weighted by Crippen LogP contribution is -2.48. The molecule has 2 bridgehead atoms. The van der Waals surface area contributed by atoms with Crippen LogP contribution in [0.4, 0.5) is 0 Å². The molecule has 3 saturated heterocycles. The molecule has 3 fully saturated rings. The van der Waals surface area contributed by atoms with E-state index >= 15 is 0 Å². The highest BCUT2D eigenvalue weighted by molar-refractivity contribution is 7.86. The van der Waals surface area contributed by atoms with Crippen LogP contribution in [0.3, 0.4) is 0 Å². The molecule has 9 heteroatoms. The molecule has 0 unspecified atom stereocenters. The van der Waals surface area contributed by atoms with Crippen molar-refractivity contribution in [2.75, 3.05) is 33.7 Å². The van der Waals surface area contributed by atoms with Crippen molar-refractivity contribution in [3.63, 3.8) is 0 Å². The van der Waals surface area contributed by atoms with E-state index in [0.717, 1.165) is 12.8 Å². The first-order chi connectivity index (χ1) is 11.3. The van der Waals surface area contributed by atoms with Crippen LogP contribution >= 0.6 is 0 Å². The molecule has 4 rings (SSSR count). The third-order valence-electron chi connectivity index (χ3n) is 4.72. The van der Waals surface area contributed by atoms with Crippen molar-refractivity contribution < 1.29 is 18.3 Å². The maximum absolute atomic E-state index is 12.8. The van der Waals surface area contributed by atoms with Crippen molar-refractivity contribution >= 4 is 16.1 Å². The second-order valence-corrected chi connectivity index (χ2v) is 8.68. The number of aromatic nitrogens is 1. The number of hydrogen-bond donors (Lipinski definition) is 1. The number of carbonyl (C=O) groups is 1. The van der Waals surface area contributed by atoms with Gasteiger partial charge in [-0.25, -0.2) is 4.98 Å². The van der Waals surface area contributed by atoms with Crippen molar-refractivity contribution in [1.82, 2.24) is 18.5 Å². The first-order valence-corrected chi connectivity index (χ1v) is 9.33. The van der Waals surface area contributed by atoms with Crippen LogP contribution in [0.15, 0.2) is 18.3 Å². The molecule has 3 aliphatic rings. The molecule has 0 spiro atoms. The topological polar surface area (TPSA) is 94.1 Å². The summed E-state index contributed by atoms with van der Waals surface area (Å²) in [7, 11) is -0.486. The molecule has 0 saturated carbocycles. The summed E-state index contributed by atoms with van der Waals surface area (Å²) < 4.78 is 27.6. The van der Waals surface area contributed by atoms with Gasteiger partial charge in [0, 0.05) is 46.0 Å². The summed E-state index contributed by atoms with van der Waals surface area (Å²) in [6, 6.07) is 2.79. The normalized spacial score (nSPS) is 25.0. The molecule has 0 aromatic carbocycles. The Morgan fingerprint density at radius 3 is 2.71 bits per heavy atom. The van der Waals surface area contributed by atoms with Crippen molar-refractivity contribution in [2.24, 2.45) is 5.92 Å². The Hall–Kier alpha value is -1.71. The maximum atomic E-state index is 12.8. The zero-order valence-electron chi connectivity index (χ0n) is 13.8.